The Labute approximate surface area is 105 Å². The zero-order chi connectivity index (χ0) is 13.0. The number of morpholine rings is 1. The van der Waals surface area contributed by atoms with E-state index in [1.807, 2.05) is 0 Å². The first kappa shape index (κ1) is 13.3. The molecule has 0 saturated carbocycles. The molecule has 1 aliphatic rings. The number of hydrogen-bond donors (Lipinski definition) is 2. The fraction of sp³-hybridized carbons (Fsp3) is 0.500. The SMILES string of the molecule is O=S(=O)(NCC1CNCCO1)c1cncc(F)c1. The van der Waals surface area contributed by atoms with Crippen molar-refractivity contribution in [2.45, 2.75) is 11.0 Å². The first-order valence-electron chi connectivity index (χ1n) is 5.50. The molecule has 8 heteroatoms. The molecule has 2 N–H and O–H groups in total. The van der Waals surface area contributed by atoms with Crippen molar-refractivity contribution in [3.63, 3.8) is 0 Å². The molecule has 1 unspecified atom stereocenters. The van der Waals surface area contributed by atoms with Crippen LogP contribution in [0.2, 0.25) is 0 Å². The Kier molecular flexibility index (Phi) is 4.23. The third kappa shape index (κ3) is 3.45. The van der Waals surface area contributed by atoms with E-state index in [1.54, 1.807) is 0 Å². The highest BCUT2D eigenvalue weighted by molar-refractivity contribution is 7.89. The highest BCUT2D eigenvalue weighted by Gasteiger charge is 2.19. The van der Waals surface area contributed by atoms with Gasteiger partial charge < -0.3 is 10.1 Å². The number of halogens is 1. The van der Waals surface area contributed by atoms with Gasteiger partial charge in [-0.2, -0.15) is 0 Å². The van der Waals surface area contributed by atoms with Crippen LogP contribution in [0.25, 0.3) is 0 Å². The Balaban J connectivity index is 1.98. The van der Waals surface area contributed by atoms with Crippen LogP contribution in [0.3, 0.4) is 0 Å². The van der Waals surface area contributed by atoms with Gasteiger partial charge in [0.05, 0.1) is 18.9 Å². The van der Waals surface area contributed by atoms with Crippen LogP contribution in [0, 0.1) is 5.82 Å². The second kappa shape index (κ2) is 5.70. The van der Waals surface area contributed by atoms with Gasteiger partial charge in [0.15, 0.2) is 0 Å². The molecule has 18 heavy (non-hydrogen) atoms. The van der Waals surface area contributed by atoms with Gasteiger partial charge in [0, 0.05) is 25.8 Å². The van der Waals surface area contributed by atoms with Crippen LogP contribution < -0.4 is 10.0 Å². The molecule has 1 atom stereocenters. The highest BCUT2D eigenvalue weighted by atomic mass is 32.2. The van der Waals surface area contributed by atoms with Gasteiger partial charge in [0.1, 0.15) is 10.7 Å². The first-order chi connectivity index (χ1) is 8.58. The van der Waals surface area contributed by atoms with Crippen LogP contribution in [0.1, 0.15) is 0 Å². The van der Waals surface area contributed by atoms with Gasteiger partial charge in [0.2, 0.25) is 10.0 Å². The normalized spacial score (nSPS) is 20.8. The largest absolute Gasteiger partial charge is 0.374 e. The maximum atomic E-state index is 12.9. The van der Waals surface area contributed by atoms with Gasteiger partial charge in [-0.05, 0) is 6.07 Å². The second-order valence-corrected chi connectivity index (χ2v) is 5.65. The fourth-order valence-corrected chi connectivity index (χ4v) is 2.62. The molecule has 6 nitrogen and oxygen atoms in total. The van der Waals surface area contributed by atoms with E-state index in [4.69, 9.17) is 4.74 Å². The minimum absolute atomic E-state index is 0.145. The Hall–Kier alpha value is -1.09. The lowest BCUT2D eigenvalue weighted by Crippen LogP contribution is -2.45. The number of aromatic nitrogens is 1. The van der Waals surface area contributed by atoms with E-state index in [2.05, 4.69) is 15.0 Å². The summed E-state index contributed by atoms with van der Waals surface area (Å²) in [5.41, 5.74) is 0. The molecule has 0 bridgehead atoms. The topological polar surface area (TPSA) is 80.3 Å². The van der Waals surface area contributed by atoms with Crippen LogP contribution in [0.4, 0.5) is 4.39 Å². The monoisotopic (exact) mass is 275 g/mol. The van der Waals surface area contributed by atoms with Gasteiger partial charge >= 0.3 is 0 Å². The standard InChI is InChI=1S/C10H14FN3O3S/c11-8-3-10(7-13-4-8)18(15,16)14-6-9-5-12-1-2-17-9/h3-4,7,9,12,14H,1-2,5-6H2. The summed E-state index contributed by atoms with van der Waals surface area (Å²) in [7, 11) is -3.74. The maximum Gasteiger partial charge on any atom is 0.242 e. The van der Waals surface area contributed by atoms with Gasteiger partial charge in [-0.3, -0.25) is 4.98 Å². The summed E-state index contributed by atoms with van der Waals surface area (Å²) in [5, 5.41) is 3.09. The summed E-state index contributed by atoms with van der Waals surface area (Å²) in [4.78, 5) is 3.32. The molecule has 0 radical (unpaired) electrons. The molecule has 2 heterocycles. The summed E-state index contributed by atoms with van der Waals surface area (Å²) in [6.07, 6.45) is 1.84. The average Bonchev–Trinajstić information content (AvgIpc) is 2.38. The van der Waals surface area contributed by atoms with Crippen molar-refractivity contribution in [2.75, 3.05) is 26.2 Å². The fourth-order valence-electron chi connectivity index (χ4n) is 1.58. The third-order valence-electron chi connectivity index (χ3n) is 2.50. The van der Waals surface area contributed by atoms with Gasteiger partial charge in [-0.1, -0.05) is 0 Å². The summed E-state index contributed by atoms with van der Waals surface area (Å²) >= 11 is 0. The average molecular weight is 275 g/mol. The molecule has 1 fully saturated rings. The molecule has 2 rings (SSSR count). The molecular weight excluding hydrogens is 261 g/mol. The van der Waals surface area contributed by atoms with Gasteiger partial charge in [-0.25, -0.2) is 17.5 Å². The Morgan fingerprint density at radius 1 is 1.56 bits per heavy atom. The molecule has 0 spiro atoms. The Morgan fingerprint density at radius 3 is 3.06 bits per heavy atom. The lowest BCUT2D eigenvalue weighted by molar-refractivity contribution is 0.0324. The summed E-state index contributed by atoms with van der Waals surface area (Å²) in [6, 6.07) is 0.926. The third-order valence-corrected chi connectivity index (χ3v) is 3.89. The minimum Gasteiger partial charge on any atom is -0.374 e. The van der Waals surface area contributed by atoms with E-state index in [1.165, 1.54) is 0 Å². The number of pyridine rings is 1. The zero-order valence-corrected chi connectivity index (χ0v) is 10.4. The van der Waals surface area contributed by atoms with Crippen molar-refractivity contribution in [3.05, 3.63) is 24.3 Å². The molecular formula is C10H14FN3O3S. The van der Waals surface area contributed by atoms with E-state index in [0.29, 0.717) is 13.2 Å². The molecule has 0 amide bonds. The van der Waals surface area contributed by atoms with E-state index >= 15 is 0 Å². The van der Waals surface area contributed by atoms with E-state index in [9.17, 15) is 12.8 Å². The zero-order valence-electron chi connectivity index (χ0n) is 9.60. The molecule has 0 aromatic carbocycles. The van der Waals surface area contributed by atoms with Crippen LogP contribution in [0.15, 0.2) is 23.4 Å². The Morgan fingerprint density at radius 2 is 2.39 bits per heavy atom. The molecule has 1 aromatic rings. The van der Waals surface area contributed by atoms with Crippen LogP contribution in [0.5, 0.6) is 0 Å². The van der Waals surface area contributed by atoms with Crippen molar-refractivity contribution in [1.82, 2.24) is 15.0 Å². The van der Waals surface area contributed by atoms with E-state index in [0.717, 1.165) is 25.0 Å². The highest BCUT2D eigenvalue weighted by Crippen LogP contribution is 2.08. The van der Waals surface area contributed by atoms with Crippen LogP contribution in [-0.2, 0) is 14.8 Å². The summed E-state index contributed by atoms with van der Waals surface area (Å²) in [5.74, 6) is -0.687. The lowest BCUT2D eigenvalue weighted by Gasteiger charge is -2.23. The quantitative estimate of drug-likeness (QED) is 0.773. The van der Waals surface area contributed by atoms with E-state index < -0.39 is 15.8 Å². The van der Waals surface area contributed by atoms with Crippen molar-refractivity contribution in [2.24, 2.45) is 0 Å². The van der Waals surface area contributed by atoms with Crippen LogP contribution in [-0.4, -0.2) is 45.7 Å². The number of nitrogens with one attached hydrogen (secondary N) is 2. The minimum atomic E-state index is -3.74. The second-order valence-electron chi connectivity index (χ2n) is 3.89. The number of hydrogen-bond acceptors (Lipinski definition) is 5. The smallest absolute Gasteiger partial charge is 0.242 e. The van der Waals surface area contributed by atoms with Gasteiger partial charge in [0.25, 0.3) is 0 Å². The first-order valence-corrected chi connectivity index (χ1v) is 6.99. The van der Waals surface area contributed by atoms with Crippen molar-refractivity contribution in [3.8, 4) is 0 Å². The molecule has 1 aliphatic heterocycles. The number of sulfonamides is 1. The summed E-state index contributed by atoms with van der Waals surface area (Å²) in [6.45, 7) is 2.04. The number of ether oxygens (including phenoxy) is 1. The maximum absolute atomic E-state index is 12.9. The lowest BCUT2D eigenvalue weighted by atomic mass is 10.3. The van der Waals surface area contributed by atoms with E-state index in [-0.39, 0.29) is 17.5 Å². The van der Waals surface area contributed by atoms with Crippen LogP contribution >= 0.6 is 0 Å². The Bertz CT molecular complexity index is 503. The molecule has 1 aromatic heterocycles. The summed E-state index contributed by atoms with van der Waals surface area (Å²) < 4.78 is 44.3. The van der Waals surface area contributed by atoms with Gasteiger partial charge in [-0.15, -0.1) is 0 Å². The molecule has 100 valence electrons. The van der Waals surface area contributed by atoms with Crippen molar-refractivity contribution < 1.29 is 17.5 Å². The predicted molar refractivity (Wildman–Crippen MR) is 62.0 cm³/mol. The predicted octanol–water partition coefficient (Wildman–Crippen LogP) is -0.513. The van der Waals surface area contributed by atoms with Crippen molar-refractivity contribution in [1.29, 1.82) is 0 Å². The molecule has 1 saturated heterocycles. The molecule has 0 aliphatic carbocycles. The number of rotatable bonds is 4. The van der Waals surface area contributed by atoms with Crippen molar-refractivity contribution >= 4 is 10.0 Å². The number of nitrogens with zero attached hydrogens (tertiary/aromatic N) is 1.